The normalized spacial score (nSPS) is 10.7. The molecular formula is C26H22. The van der Waals surface area contributed by atoms with Crippen LogP contribution < -0.4 is 0 Å². The van der Waals surface area contributed by atoms with Crippen LogP contribution in [-0.2, 0) is 0 Å². The monoisotopic (exact) mass is 334 g/mol. The lowest BCUT2D eigenvalue weighted by atomic mass is 9.91. The van der Waals surface area contributed by atoms with Gasteiger partial charge >= 0.3 is 0 Å². The molecule has 0 aliphatic carbocycles. The van der Waals surface area contributed by atoms with E-state index in [4.69, 9.17) is 0 Å². The molecule has 4 aromatic rings. The van der Waals surface area contributed by atoms with Crippen molar-refractivity contribution in [3.8, 4) is 33.4 Å². The van der Waals surface area contributed by atoms with E-state index in [1.54, 1.807) is 0 Å². The molecule has 4 rings (SSSR count). The van der Waals surface area contributed by atoms with Crippen LogP contribution in [0.5, 0.6) is 0 Å². The highest BCUT2D eigenvalue weighted by Gasteiger charge is 2.09. The molecule has 0 fully saturated rings. The minimum absolute atomic E-state index is 1.25. The average molecular weight is 334 g/mol. The predicted octanol–water partition coefficient (Wildman–Crippen LogP) is 7.30. The SMILES string of the molecule is Cc1cccc(-c2cc(-c3ccccc3)cc(-c3ccccc3)c2)c1C. The standard InChI is InChI=1S/C26H22/c1-19-10-9-15-26(20(19)2)25-17-23(21-11-5-3-6-12-21)16-24(18-25)22-13-7-4-8-14-22/h3-18H,1-2H3. The Hall–Kier alpha value is -3.12. The Morgan fingerprint density at radius 2 is 0.923 bits per heavy atom. The van der Waals surface area contributed by atoms with Gasteiger partial charge in [0.25, 0.3) is 0 Å². The molecule has 0 saturated carbocycles. The van der Waals surface area contributed by atoms with Crippen LogP contribution in [0.25, 0.3) is 33.4 Å². The van der Waals surface area contributed by atoms with E-state index >= 15 is 0 Å². The van der Waals surface area contributed by atoms with Gasteiger partial charge in [-0.05, 0) is 76.6 Å². The molecule has 0 aliphatic heterocycles. The summed E-state index contributed by atoms with van der Waals surface area (Å²) >= 11 is 0. The molecule has 126 valence electrons. The maximum absolute atomic E-state index is 2.31. The van der Waals surface area contributed by atoms with Gasteiger partial charge in [-0.15, -0.1) is 0 Å². The van der Waals surface area contributed by atoms with E-state index in [9.17, 15) is 0 Å². The van der Waals surface area contributed by atoms with E-state index in [0.29, 0.717) is 0 Å². The Bertz CT molecular complexity index is 970. The fraction of sp³-hybridized carbons (Fsp3) is 0.0769. The first-order chi connectivity index (χ1) is 12.7. The maximum Gasteiger partial charge on any atom is -0.0152 e. The van der Waals surface area contributed by atoms with Gasteiger partial charge in [0.1, 0.15) is 0 Å². The topological polar surface area (TPSA) is 0 Å². The highest BCUT2D eigenvalue weighted by atomic mass is 14.1. The Balaban J connectivity index is 1.95. The molecule has 0 N–H and O–H groups in total. The van der Waals surface area contributed by atoms with Crippen molar-refractivity contribution < 1.29 is 0 Å². The lowest BCUT2D eigenvalue weighted by Gasteiger charge is -2.14. The van der Waals surface area contributed by atoms with Gasteiger partial charge in [0.05, 0.1) is 0 Å². The second kappa shape index (κ2) is 7.01. The average Bonchev–Trinajstić information content (AvgIpc) is 2.71. The number of hydrogen-bond acceptors (Lipinski definition) is 0. The van der Waals surface area contributed by atoms with Crippen molar-refractivity contribution in [1.82, 2.24) is 0 Å². The number of rotatable bonds is 3. The van der Waals surface area contributed by atoms with Crippen LogP contribution in [0.15, 0.2) is 97.1 Å². The third-order valence-electron chi connectivity index (χ3n) is 5.06. The van der Waals surface area contributed by atoms with Crippen molar-refractivity contribution in [2.45, 2.75) is 13.8 Å². The van der Waals surface area contributed by atoms with Crippen LogP contribution in [-0.4, -0.2) is 0 Å². The summed E-state index contributed by atoms with van der Waals surface area (Å²) in [7, 11) is 0. The summed E-state index contributed by atoms with van der Waals surface area (Å²) in [6, 6.07) is 34.7. The molecule has 0 radical (unpaired) electrons. The fourth-order valence-corrected chi connectivity index (χ4v) is 3.44. The maximum atomic E-state index is 2.31. The van der Waals surface area contributed by atoms with Crippen LogP contribution in [0.4, 0.5) is 0 Å². The largest absolute Gasteiger partial charge is 0.0622 e. The Morgan fingerprint density at radius 3 is 1.46 bits per heavy atom. The molecule has 0 saturated heterocycles. The molecule has 0 atom stereocenters. The van der Waals surface area contributed by atoms with Crippen molar-refractivity contribution in [1.29, 1.82) is 0 Å². The molecule has 0 aliphatic rings. The van der Waals surface area contributed by atoms with E-state index < -0.39 is 0 Å². The zero-order valence-electron chi connectivity index (χ0n) is 15.2. The van der Waals surface area contributed by atoms with Gasteiger partial charge in [-0.2, -0.15) is 0 Å². The highest BCUT2D eigenvalue weighted by Crippen LogP contribution is 2.34. The van der Waals surface area contributed by atoms with Gasteiger partial charge in [0, 0.05) is 0 Å². The zero-order valence-corrected chi connectivity index (χ0v) is 15.2. The van der Waals surface area contributed by atoms with Crippen molar-refractivity contribution in [3.05, 3.63) is 108 Å². The second-order valence-corrected chi connectivity index (χ2v) is 6.78. The summed E-state index contributed by atoms with van der Waals surface area (Å²) in [5.74, 6) is 0. The van der Waals surface area contributed by atoms with Gasteiger partial charge in [-0.1, -0.05) is 78.9 Å². The molecular weight excluding hydrogens is 312 g/mol. The van der Waals surface area contributed by atoms with Crippen LogP contribution in [0.1, 0.15) is 11.1 Å². The van der Waals surface area contributed by atoms with Crippen molar-refractivity contribution >= 4 is 0 Å². The Morgan fingerprint density at radius 1 is 0.423 bits per heavy atom. The molecule has 0 heterocycles. The lowest BCUT2D eigenvalue weighted by Crippen LogP contribution is -1.90. The third-order valence-corrected chi connectivity index (χ3v) is 5.06. The Labute approximate surface area is 155 Å². The van der Waals surface area contributed by atoms with E-state index in [-0.39, 0.29) is 0 Å². The minimum atomic E-state index is 1.25. The predicted molar refractivity (Wildman–Crippen MR) is 112 cm³/mol. The van der Waals surface area contributed by atoms with E-state index in [2.05, 4.69) is 111 Å². The highest BCUT2D eigenvalue weighted by molar-refractivity contribution is 5.82. The minimum Gasteiger partial charge on any atom is -0.0622 e. The summed E-state index contributed by atoms with van der Waals surface area (Å²) in [6.45, 7) is 4.39. The molecule has 0 bridgehead atoms. The summed E-state index contributed by atoms with van der Waals surface area (Å²) in [5.41, 5.74) is 10.2. The smallest absolute Gasteiger partial charge is 0.0152 e. The second-order valence-electron chi connectivity index (χ2n) is 6.78. The molecule has 0 amide bonds. The van der Waals surface area contributed by atoms with Gasteiger partial charge in [0.15, 0.2) is 0 Å². The first kappa shape index (κ1) is 16.4. The molecule has 0 spiro atoms. The zero-order chi connectivity index (χ0) is 17.9. The van der Waals surface area contributed by atoms with Crippen LogP contribution in [0.2, 0.25) is 0 Å². The number of aryl methyl sites for hydroxylation is 1. The summed E-state index contributed by atoms with van der Waals surface area (Å²) in [5, 5.41) is 0. The molecule has 0 heteroatoms. The first-order valence-electron chi connectivity index (χ1n) is 9.05. The fourth-order valence-electron chi connectivity index (χ4n) is 3.44. The van der Waals surface area contributed by atoms with Gasteiger partial charge in [0.2, 0.25) is 0 Å². The van der Waals surface area contributed by atoms with Crippen LogP contribution >= 0.6 is 0 Å². The summed E-state index contributed by atoms with van der Waals surface area (Å²) < 4.78 is 0. The molecule has 4 aromatic carbocycles. The molecule has 0 nitrogen and oxygen atoms in total. The van der Waals surface area contributed by atoms with Gasteiger partial charge in [-0.3, -0.25) is 0 Å². The van der Waals surface area contributed by atoms with E-state index in [0.717, 1.165) is 0 Å². The Kier molecular flexibility index (Phi) is 4.41. The molecule has 0 aromatic heterocycles. The number of hydrogen-bond donors (Lipinski definition) is 0. The van der Waals surface area contributed by atoms with Crippen molar-refractivity contribution in [3.63, 3.8) is 0 Å². The van der Waals surface area contributed by atoms with E-state index in [1.807, 2.05) is 0 Å². The third kappa shape index (κ3) is 3.19. The quantitative estimate of drug-likeness (QED) is 0.368. The van der Waals surface area contributed by atoms with E-state index in [1.165, 1.54) is 44.5 Å². The van der Waals surface area contributed by atoms with Gasteiger partial charge in [-0.25, -0.2) is 0 Å². The number of benzene rings is 4. The van der Waals surface area contributed by atoms with Crippen molar-refractivity contribution in [2.75, 3.05) is 0 Å². The lowest BCUT2D eigenvalue weighted by molar-refractivity contribution is 1.34. The molecule has 0 unspecified atom stereocenters. The molecule has 26 heavy (non-hydrogen) atoms. The first-order valence-corrected chi connectivity index (χ1v) is 9.05. The van der Waals surface area contributed by atoms with Crippen LogP contribution in [0, 0.1) is 13.8 Å². The summed E-state index contributed by atoms with van der Waals surface area (Å²) in [6.07, 6.45) is 0. The van der Waals surface area contributed by atoms with Crippen LogP contribution in [0.3, 0.4) is 0 Å². The van der Waals surface area contributed by atoms with Gasteiger partial charge < -0.3 is 0 Å². The van der Waals surface area contributed by atoms with Crippen molar-refractivity contribution in [2.24, 2.45) is 0 Å². The summed E-state index contributed by atoms with van der Waals surface area (Å²) in [4.78, 5) is 0.